The first-order chi connectivity index (χ1) is 12.1. The van der Waals surface area contributed by atoms with Crippen molar-refractivity contribution in [1.29, 1.82) is 0 Å². The summed E-state index contributed by atoms with van der Waals surface area (Å²) >= 11 is 1.66. The van der Waals surface area contributed by atoms with E-state index in [2.05, 4.69) is 27.5 Å². The lowest BCUT2D eigenvalue weighted by Crippen LogP contribution is -2.43. The second-order valence-corrected chi connectivity index (χ2v) is 6.40. The van der Waals surface area contributed by atoms with Gasteiger partial charge >= 0.3 is 0 Å². The van der Waals surface area contributed by atoms with Crippen molar-refractivity contribution in [2.24, 2.45) is 11.7 Å². The van der Waals surface area contributed by atoms with Gasteiger partial charge in [0.2, 0.25) is 0 Å². The summed E-state index contributed by atoms with van der Waals surface area (Å²) in [5.74, 6) is 10.1. The maximum atomic E-state index is 11.8. The van der Waals surface area contributed by atoms with Crippen LogP contribution in [0.2, 0.25) is 0 Å². The average Bonchev–Trinajstić information content (AvgIpc) is 3.30. The molecule has 0 radical (unpaired) electrons. The highest BCUT2D eigenvalue weighted by Crippen LogP contribution is 2.31. The molecule has 0 unspecified atom stereocenters. The molecule has 4 aromatic rings. The van der Waals surface area contributed by atoms with Crippen LogP contribution in [0.1, 0.15) is 10.4 Å². The zero-order chi connectivity index (χ0) is 17.4. The van der Waals surface area contributed by atoms with Gasteiger partial charge < -0.3 is 4.98 Å². The van der Waals surface area contributed by atoms with E-state index in [0.717, 1.165) is 33.3 Å². The zero-order valence-electron chi connectivity index (χ0n) is 13.1. The van der Waals surface area contributed by atoms with Gasteiger partial charge in [-0.1, -0.05) is 12.1 Å². The van der Waals surface area contributed by atoms with E-state index in [1.807, 2.05) is 29.9 Å². The molecule has 0 aliphatic carbocycles. The molecule has 0 aliphatic rings. The summed E-state index contributed by atoms with van der Waals surface area (Å²) in [5, 5.41) is 5.76. The number of nitrogens with zero attached hydrogens (tertiary/aromatic N) is 2. The lowest BCUT2D eigenvalue weighted by molar-refractivity contribution is 0.0755. The monoisotopic (exact) mass is 349 g/mol. The molecular formula is C18H15N5OS. The van der Waals surface area contributed by atoms with Crippen LogP contribution >= 0.6 is 11.3 Å². The number of nitrogens with two attached hydrogens (primary N) is 2. The maximum absolute atomic E-state index is 11.8. The van der Waals surface area contributed by atoms with Crippen molar-refractivity contribution in [3.63, 3.8) is 0 Å². The van der Waals surface area contributed by atoms with Gasteiger partial charge in [-0.25, -0.2) is 21.8 Å². The van der Waals surface area contributed by atoms with Crippen LogP contribution in [-0.4, -0.2) is 21.0 Å². The van der Waals surface area contributed by atoms with Crippen molar-refractivity contribution in [3.8, 4) is 22.3 Å². The zero-order valence-corrected chi connectivity index (χ0v) is 14.0. The number of carbonyl (C=O) groups excluding carboxylic acids is 1. The minimum Gasteiger partial charge on any atom is -0.346 e. The fraction of sp³-hybridized carbons (Fsp3) is 0. The van der Waals surface area contributed by atoms with Crippen LogP contribution in [0.15, 0.2) is 59.6 Å². The SMILES string of the molecule is NN(N)C(=O)c1ccc(-c2c[nH]c3ncc(-c4ccsc4)cc23)cc1. The second kappa shape index (κ2) is 6.14. The molecule has 4 rings (SSSR count). The van der Waals surface area contributed by atoms with Crippen LogP contribution in [0, 0.1) is 0 Å². The van der Waals surface area contributed by atoms with Gasteiger partial charge in [0.1, 0.15) is 5.65 Å². The molecule has 0 atom stereocenters. The number of fused-ring (bicyclic) bond motifs is 1. The Morgan fingerprint density at radius 2 is 1.88 bits per heavy atom. The molecular weight excluding hydrogens is 334 g/mol. The van der Waals surface area contributed by atoms with Crippen molar-refractivity contribution < 1.29 is 4.79 Å². The molecule has 7 heteroatoms. The summed E-state index contributed by atoms with van der Waals surface area (Å²) in [6.45, 7) is 0. The predicted octanol–water partition coefficient (Wildman–Crippen LogP) is 3.15. The molecule has 0 fully saturated rings. The van der Waals surface area contributed by atoms with E-state index in [1.165, 1.54) is 0 Å². The molecule has 0 saturated heterocycles. The third kappa shape index (κ3) is 2.80. The molecule has 3 aromatic heterocycles. The number of rotatable bonds is 3. The van der Waals surface area contributed by atoms with Crippen LogP contribution in [-0.2, 0) is 0 Å². The maximum Gasteiger partial charge on any atom is 0.282 e. The van der Waals surface area contributed by atoms with Gasteiger partial charge in [-0.2, -0.15) is 11.3 Å². The van der Waals surface area contributed by atoms with Crippen LogP contribution in [0.3, 0.4) is 0 Å². The number of aromatic nitrogens is 2. The van der Waals surface area contributed by atoms with E-state index in [1.54, 1.807) is 23.5 Å². The molecule has 0 spiro atoms. The Morgan fingerprint density at radius 1 is 1.08 bits per heavy atom. The fourth-order valence-corrected chi connectivity index (χ4v) is 3.44. The number of benzene rings is 1. The lowest BCUT2D eigenvalue weighted by atomic mass is 10.0. The molecule has 0 saturated carbocycles. The molecule has 124 valence electrons. The number of pyridine rings is 1. The number of nitrogens with one attached hydrogen (secondary N) is 1. The summed E-state index contributed by atoms with van der Waals surface area (Å²) in [7, 11) is 0. The Kier molecular flexibility index (Phi) is 3.81. The first-order valence-electron chi connectivity index (χ1n) is 7.57. The highest BCUT2D eigenvalue weighted by molar-refractivity contribution is 7.08. The third-order valence-corrected chi connectivity index (χ3v) is 4.75. The summed E-state index contributed by atoms with van der Waals surface area (Å²) in [6.07, 6.45) is 3.79. The lowest BCUT2D eigenvalue weighted by Gasteiger charge is -2.09. The van der Waals surface area contributed by atoms with Crippen molar-refractivity contribution in [3.05, 3.63) is 65.1 Å². The summed E-state index contributed by atoms with van der Waals surface area (Å²) in [4.78, 5) is 19.5. The molecule has 0 bridgehead atoms. The average molecular weight is 349 g/mol. The number of hydrogen-bond donors (Lipinski definition) is 3. The number of aromatic amines is 1. The number of thiophene rings is 1. The van der Waals surface area contributed by atoms with E-state index < -0.39 is 5.91 Å². The van der Waals surface area contributed by atoms with Crippen LogP contribution in [0.4, 0.5) is 0 Å². The highest BCUT2D eigenvalue weighted by atomic mass is 32.1. The number of H-pyrrole nitrogens is 1. The largest absolute Gasteiger partial charge is 0.346 e. The quantitative estimate of drug-likeness (QED) is 0.300. The van der Waals surface area contributed by atoms with Gasteiger partial charge in [0.05, 0.1) is 0 Å². The van der Waals surface area contributed by atoms with E-state index in [-0.39, 0.29) is 0 Å². The normalized spacial score (nSPS) is 11.0. The summed E-state index contributed by atoms with van der Waals surface area (Å²) in [6, 6.07) is 11.4. The van der Waals surface area contributed by atoms with Gasteiger partial charge in [0.15, 0.2) is 0 Å². The molecule has 0 aliphatic heterocycles. The van der Waals surface area contributed by atoms with Gasteiger partial charge in [-0.3, -0.25) is 4.79 Å². The standard InChI is InChI=1S/C18H15N5OS/c19-23(20)18(24)12-3-1-11(2-4-12)16-9-22-17-15(16)7-14(8-21-17)13-5-6-25-10-13/h1-10H,19-20H2,(H,21,22). The smallest absolute Gasteiger partial charge is 0.282 e. The number of amides is 1. The first-order valence-corrected chi connectivity index (χ1v) is 8.52. The second-order valence-electron chi connectivity index (χ2n) is 5.62. The minimum absolute atomic E-state index is 0.436. The van der Waals surface area contributed by atoms with Crippen molar-refractivity contribution in [1.82, 2.24) is 15.1 Å². The van der Waals surface area contributed by atoms with Crippen LogP contribution in [0.25, 0.3) is 33.3 Å². The Balaban J connectivity index is 1.76. The van der Waals surface area contributed by atoms with Gasteiger partial charge in [0, 0.05) is 34.5 Å². The van der Waals surface area contributed by atoms with E-state index in [0.29, 0.717) is 10.7 Å². The Hall–Kier alpha value is -3.00. The molecule has 25 heavy (non-hydrogen) atoms. The number of hydrogen-bond acceptors (Lipinski definition) is 5. The van der Waals surface area contributed by atoms with Gasteiger partial charge in [0.25, 0.3) is 5.91 Å². The molecule has 5 N–H and O–H groups in total. The van der Waals surface area contributed by atoms with Crippen molar-refractivity contribution in [2.45, 2.75) is 0 Å². The Labute approximate surface area is 147 Å². The van der Waals surface area contributed by atoms with Gasteiger partial charge in [-0.05, 0) is 46.2 Å². The highest BCUT2D eigenvalue weighted by Gasteiger charge is 2.12. The topological polar surface area (TPSA) is 101 Å². The summed E-state index contributed by atoms with van der Waals surface area (Å²) < 4.78 is 0. The predicted molar refractivity (Wildman–Crippen MR) is 99.4 cm³/mol. The van der Waals surface area contributed by atoms with Crippen molar-refractivity contribution in [2.75, 3.05) is 0 Å². The summed E-state index contributed by atoms with van der Waals surface area (Å²) in [5.41, 5.74) is 5.49. The number of hydrazine groups is 2. The molecule has 1 aromatic carbocycles. The van der Waals surface area contributed by atoms with Gasteiger partial charge in [-0.15, -0.1) is 0 Å². The van der Waals surface area contributed by atoms with Crippen LogP contribution < -0.4 is 11.7 Å². The third-order valence-electron chi connectivity index (χ3n) is 4.06. The van der Waals surface area contributed by atoms with Crippen molar-refractivity contribution >= 4 is 28.3 Å². The first kappa shape index (κ1) is 15.5. The van der Waals surface area contributed by atoms with E-state index >= 15 is 0 Å². The Bertz CT molecular complexity index is 1040. The Morgan fingerprint density at radius 3 is 2.56 bits per heavy atom. The fourth-order valence-electron chi connectivity index (χ4n) is 2.77. The molecule has 6 nitrogen and oxygen atoms in total. The number of carbonyl (C=O) groups is 1. The van der Waals surface area contributed by atoms with Crippen LogP contribution in [0.5, 0.6) is 0 Å². The van der Waals surface area contributed by atoms with E-state index in [4.69, 9.17) is 11.7 Å². The molecule has 3 heterocycles. The minimum atomic E-state index is -0.438. The van der Waals surface area contributed by atoms with E-state index in [9.17, 15) is 4.79 Å². The molecule has 1 amide bonds.